The molecule has 1 aromatic heterocycles. The number of hydrogen-bond donors (Lipinski definition) is 1. The Labute approximate surface area is 200 Å². The highest BCUT2D eigenvalue weighted by Crippen LogP contribution is 2.37. The van der Waals surface area contributed by atoms with E-state index in [1.54, 1.807) is 41.6 Å². The molecule has 0 spiro atoms. The minimum absolute atomic E-state index is 0.138. The van der Waals surface area contributed by atoms with Crippen molar-refractivity contribution in [2.24, 2.45) is 10.7 Å². The molecule has 1 atom stereocenters. The quantitative estimate of drug-likeness (QED) is 0.603. The third kappa shape index (κ3) is 4.00. The Morgan fingerprint density at radius 1 is 1.06 bits per heavy atom. The van der Waals surface area contributed by atoms with Crippen molar-refractivity contribution in [1.29, 1.82) is 0 Å². The third-order valence-corrected chi connectivity index (χ3v) is 8.34. The molecule has 0 bridgehead atoms. The molecule has 34 heavy (non-hydrogen) atoms. The van der Waals surface area contributed by atoms with E-state index in [4.69, 9.17) is 10.5 Å². The number of fused-ring (bicyclic) bond motifs is 1. The fourth-order valence-electron chi connectivity index (χ4n) is 4.71. The van der Waals surface area contributed by atoms with Crippen LogP contribution in [-0.4, -0.2) is 57.0 Å². The summed E-state index contributed by atoms with van der Waals surface area (Å²) in [6.07, 6.45) is 4.70. The minimum Gasteiger partial charge on any atom is -0.497 e. The van der Waals surface area contributed by atoms with Gasteiger partial charge in [-0.25, -0.2) is 12.4 Å². The Bertz CT molecular complexity index is 1310. The van der Waals surface area contributed by atoms with Crippen LogP contribution in [0.2, 0.25) is 0 Å². The molecule has 2 N–H and O–H groups in total. The van der Waals surface area contributed by atoms with Gasteiger partial charge in [0.25, 0.3) is 10.0 Å². The van der Waals surface area contributed by atoms with Crippen LogP contribution in [-0.2, 0) is 10.0 Å². The molecule has 1 unspecified atom stereocenters. The van der Waals surface area contributed by atoms with Gasteiger partial charge in [-0.2, -0.15) is 0 Å². The Morgan fingerprint density at radius 2 is 1.79 bits per heavy atom. The predicted molar refractivity (Wildman–Crippen MR) is 134 cm³/mol. The summed E-state index contributed by atoms with van der Waals surface area (Å²) in [4.78, 5) is 8.65. The van der Waals surface area contributed by atoms with Gasteiger partial charge in [0.15, 0.2) is 6.29 Å². The molecule has 0 radical (unpaired) electrons. The number of piperidine rings is 1. The lowest BCUT2D eigenvalue weighted by molar-refractivity contribution is 0.255. The molecule has 9 heteroatoms. The fourth-order valence-corrected chi connectivity index (χ4v) is 6.09. The van der Waals surface area contributed by atoms with E-state index in [9.17, 15) is 8.42 Å². The van der Waals surface area contributed by atoms with E-state index in [2.05, 4.69) is 29.1 Å². The monoisotopic (exact) mass is 479 g/mol. The normalized spacial score (nSPS) is 19.3. The van der Waals surface area contributed by atoms with Crippen molar-refractivity contribution in [3.63, 3.8) is 0 Å². The maximum absolute atomic E-state index is 13.6. The van der Waals surface area contributed by atoms with Gasteiger partial charge in [0.2, 0.25) is 0 Å². The summed E-state index contributed by atoms with van der Waals surface area (Å²) in [5.74, 6) is 1.48. The van der Waals surface area contributed by atoms with Crippen LogP contribution in [0.25, 0.3) is 0 Å². The number of methoxy groups -OCH3 is 1. The van der Waals surface area contributed by atoms with Crippen LogP contribution in [0.15, 0.2) is 70.7 Å². The average molecular weight is 480 g/mol. The van der Waals surface area contributed by atoms with Crippen LogP contribution in [0.1, 0.15) is 29.9 Å². The summed E-state index contributed by atoms with van der Waals surface area (Å²) in [6, 6.07) is 16.4. The average Bonchev–Trinajstić information content (AvgIpc) is 3.30. The first-order valence-electron chi connectivity index (χ1n) is 11.4. The van der Waals surface area contributed by atoms with Gasteiger partial charge in [0.1, 0.15) is 11.6 Å². The lowest BCUT2D eigenvalue weighted by Gasteiger charge is -2.33. The number of benzene rings is 2. The smallest absolute Gasteiger partial charge is 0.269 e. The van der Waals surface area contributed by atoms with Crippen molar-refractivity contribution in [3.8, 4) is 5.75 Å². The molecule has 3 aromatic rings. The Balaban J connectivity index is 1.52. The fraction of sp³-hybridized carbons (Fsp3) is 0.320. The first kappa shape index (κ1) is 22.6. The maximum Gasteiger partial charge on any atom is 0.269 e. The standard InChI is InChI=1S/C25H29N5O3S/c1-28-13-10-19(11-14-28)18-6-8-21(9-7-18)30-24-20(17-27-25(30)26)12-15-29(24)34(31,32)23-5-3-4-22(16-23)33-2/h3-9,12,15-17,19,25H,10-11,13-14,26H2,1-2H3. The van der Waals surface area contributed by atoms with Crippen LogP contribution in [0.3, 0.4) is 0 Å². The molecule has 2 aliphatic rings. The summed E-state index contributed by atoms with van der Waals surface area (Å²) >= 11 is 0. The van der Waals surface area contributed by atoms with Crippen molar-refractivity contribution in [2.75, 3.05) is 32.1 Å². The second-order valence-corrected chi connectivity index (χ2v) is 10.6. The molecule has 5 rings (SSSR count). The summed E-state index contributed by atoms with van der Waals surface area (Å²) in [5, 5.41) is 0. The second kappa shape index (κ2) is 8.90. The zero-order valence-electron chi connectivity index (χ0n) is 19.3. The zero-order valence-corrected chi connectivity index (χ0v) is 20.1. The number of aromatic nitrogens is 1. The van der Waals surface area contributed by atoms with Crippen LogP contribution in [0, 0.1) is 0 Å². The van der Waals surface area contributed by atoms with Crippen molar-refractivity contribution in [3.05, 3.63) is 71.9 Å². The lowest BCUT2D eigenvalue weighted by atomic mass is 9.89. The van der Waals surface area contributed by atoms with Crippen LogP contribution >= 0.6 is 0 Å². The summed E-state index contributed by atoms with van der Waals surface area (Å²) < 4.78 is 33.7. The summed E-state index contributed by atoms with van der Waals surface area (Å²) in [7, 11) is -0.225. The SMILES string of the molecule is COc1cccc(S(=O)(=O)n2ccc3c2N(c2ccc(C4CCN(C)CC4)cc2)C(N)N=C3)c1. The highest BCUT2D eigenvalue weighted by molar-refractivity contribution is 7.90. The number of rotatable bonds is 5. The molecular formula is C25H29N5O3S. The van der Waals surface area contributed by atoms with Gasteiger partial charge >= 0.3 is 0 Å². The van der Waals surface area contributed by atoms with E-state index < -0.39 is 16.3 Å². The Morgan fingerprint density at radius 3 is 2.50 bits per heavy atom. The van der Waals surface area contributed by atoms with Crippen molar-refractivity contribution < 1.29 is 13.2 Å². The molecule has 8 nitrogen and oxygen atoms in total. The molecule has 0 aliphatic carbocycles. The first-order valence-corrected chi connectivity index (χ1v) is 12.8. The number of nitrogens with zero attached hydrogens (tertiary/aromatic N) is 4. The van der Waals surface area contributed by atoms with E-state index in [0.29, 0.717) is 23.0 Å². The van der Waals surface area contributed by atoms with Gasteiger partial charge in [-0.1, -0.05) is 18.2 Å². The van der Waals surface area contributed by atoms with Crippen LogP contribution in [0.4, 0.5) is 11.5 Å². The minimum atomic E-state index is -3.89. The third-order valence-electron chi connectivity index (χ3n) is 6.67. The topological polar surface area (TPSA) is 93.2 Å². The largest absolute Gasteiger partial charge is 0.497 e. The van der Waals surface area contributed by atoms with Crippen LogP contribution in [0.5, 0.6) is 5.75 Å². The van der Waals surface area contributed by atoms with E-state index in [1.165, 1.54) is 22.7 Å². The van der Waals surface area contributed by atoms with E-state index in [0.717, 1.165) is 31.6 Å². The van der Waals surface area contributed by atoms with Gasteiger partial charge in [-0.15, -0.1) is 0 Å². The number of anilines is 2. The maximum atomic E-state index is 13.6. The van der Waals surface area contributed by atoms with Gasteiger partial charge in [0, 0.05) is 29.7 Å². The molecular weight excluding hydrogens is 450 g/mol. The van der Waals surface area contributed by atoms with Gasteiger partial charge in [0.05, 0.1) is 12.0 Å². The van der Waals surface area contributed by atoms with E-state index in [-0.39, 0.29) is 4.90 Å². The molecule has 3 heterocycles. The van der Waals surface area contributed by atoms with E-state index >= 15 is 0 Å². The second-order valence-electron chi connectivity index (χ2n) is 8.81. The molecule has 1 saturated heterocycles. The number of hydrogen-bond acceptors (Lipinski definition) is 7. The van der Waals surface area contributed by atoms with Crippen LogP contribution < -0.4 is 15.4 Å². The summed E-state index contributed by atoms with van der Waals surface area (Å²) in [5.41, 5.74) is 9.15. The molecule has 178 valence electrons. The first-order chi connectivity index (χ1) is 16.4. The Hall–Kier alpha value is -3.14. The van der Waals surface area contributed by atoms with Gasteiger partial charge in [-0.05, 0) is 74.8 Å². The van der Waals surface area contributed by atoms with Gasteiger partial charge < -0.3 is 9.64 Å². The lowest BCUT2D eigenvalue weighted by Crippen LogP contribution is -2.41. The van der Waals surface area contributed by atoms with E-state index in [1.807, 2.05) is 12.1 Å². The highest BCUT2D eigenvalue weighted by Gasteiger charge is 2.31. The highest BCUT2D eigenvalue weighted by atomic mass is 32.2. The molecule has 0 saturated carbocycles. The summed E-state index contributed by atoms with van der Waals surface area (Å²) in [6.45, 7) is 2.19. The van der Waals surface area contributed by atoms with Gasteiger partial charge in [-0.3, -0.25) is 15.6 Å². The number of nitrogens with two attached hydrogens (primary N) is 1. The van der Waals surface area contributed by atoms with Crippen molar-refractivity contribution in [1.82, 2.24) is 8.87 Å². The Kier molecular flexibility index (Phi) is 5.93. The van der Waals surface area contributed by atoms with Crippen molar-refractivity contribution in [2.45, 2.75) is 29.9 Å². The number of aliphatic imine (C=N–C) groups is 1. The molecule has 2 aliphatic heterocycles. The van der Waals surface area contributed by atoms with Crippen molar-refractivity contribution >= 4 is 27.7 Å². The predicted octanol–water partition coefficient (Wildman–Crippen LogP) is 3.36. The number of likely N-dealkylation sites (tertiary alicyclic amines) is 1. The molecule has 0 amide bonds. The number of ether oxygens (including phenoxy) is 1. The molecule has 2 aromatic carbocycles. The molecule has 1 fully saturated rings. The zero-order chi connectivity index (χ0) is 23.9.